The maximum Gasteiger partial charge on any atom is 0.162 e. The molecule has 0 unspecified atom stereocenters. The van der Waals surface area contributed by atoms with Gasteiger partial charge in [0.15, 0.2) is 23.1 Å². The van der Waals surface area contributed by atoms with Gasteiger partial charge in [-0.15, -0.1) is 0 Å². The van der Waals surface area contributed by atoms with E-state index >= 15 is 0 Å². The zero-order valence-electron chi connectivity index (χ0n) is 21.8. The van der Waals surface area contributed by atoms with Gasteiger partial charge in [-0.3, -0.25) is 9.59 Å². The fraction of sp³-hybridized carbons (Fsp3) is 0.586. The number of Topliss-reactive ketones (excluding diaryl/α,β-unsaturated/α-hetero) is 2. The first-order valence-electron chi connectivity index (χ1n) is 12.7. The van der Waals surface area contributed by atoms with E-state index in [0.29, 0.717) is 37.6 Å². The monoisotopic (exact) mass is 465 g/mol. The van der Waals surface area contributed by atoms with Crippen LogP contribution in [0, 0.1) is 10.8 Å². The fourth-order valence-electron chi connectivity index (χ4n) is 6.01. The van der Waals surface area contributed by atoms with Gasteiger partial charge in [0.1, 0.15) is 0 Å². The molecule has 5 nitrogen and oxygen atoms in total. The molecule has 0 N–H and O–H groups in total. The second-order valence-corrected chi connectivity index (χ2v) is 11.4. The number of hydrogen-bond donors (Lipinski definition) is 0. The van der Waals surface area contributed by atoms with Gasteiger partial charge in [-0.1, -0.05) is 33.8 Å². The van der Waals surface area contributed by atoms with Crippen LogP contribution in [-0.4, -0.2) is 36.2 Å². The smallest absolute Gasteiger partial charge is 0.162 e. The number of rotatable bonds is 6. The molecule has 34 heavy (non-hydrogen) atoms. The third kappa shape index (κ3) is 4.30. The van der Waals surface area contributed by atoms with Crippen molar-refractivity contribution < 1.29 is 19.1 Å². The minimum absolute atomic E-state index is 0.102. The Bertz CT molecular complexity index is 1020. The highest BCUT2D eigenvalue weighted by Crippen LogP contribution is 2.54. The Morgan fingerprint density at radius 2 is 1.29 bits per heavy atom. The molecule has 4 rings (SSSR count). The van der Waals surface area contributed by atoms with E-state index in [1.165, 1.54) is 0 Å². The SMILES string of the molecule is CCOc1ccc(C2C3=C(CC(C)(C)CC3=O)N(CC)C3=C2C(=O)CC(C)(C)C3)cc1OCC. The fourth-order valence-corrected chi connectivity index (χ4v) is 6.01. The van der Waals surface area contributed by atoms with Crippen LogP contribution in [0.2, 0.25) is 0 Å². The number of ether oxygens (including phenoxy) is 2. The van der Waals surface area contributed by atoms with Crippen molar-refractivity contribution in [2.24, 2.45) is 10.8 Å². The van der Waals surface area contributed by atoms with Crippen LogP contribution in [0.15, 0.2) is 40.7 Å². The molecule has 1 aromatic rings. The molecule has 184 valence electrons. The van der Waals surface area contributed by atoms with E-state index < -0.39 is 0 Å². The zero-order valence-corrected chi connectivity index (χ0v) is 21.8. The summed E-state index contributed by atoms with van der Waals surface area (Å²) in [5, 5.41) is 0. The Balaban J connectivity index is 1.96. The van der Waals surface area contributed by atoms with Gasteiger partial charge >= 0.3 is 0 Å². The van der Waals surface area contributed by atoms with Crippen molar-refractivity contribution in [3.8, 4) is 11.5 Å². The molecular weight excluding hydrogens is 426 g/mol. The van der Waals surface area contributed by atoms with Crippen LogP contribution < -0.4 is 9.47 Å². The third-order valence-electron chi connectivity index (χ3n) is 7.24. The van der Waals surface area contributed by atoms with Crippen molar-refractivity contribution in [2.45, 2.75) is 80.1 Å². The maximum absolute atomic E-state index is 13.7. The van der Waals surface area contributed by atoms with Crippen molar-refractivity contribution in [3.63, 3.8) is 0 Å². The van der Waals surface area contributed by atoms with E-state index in [9.17, 15) is 9.59 Å². The molecule has 0 spiro atoms. The van der Waals surface area contributed by atoms with Gasteiger partial charge in [-0.25, -0.2) is 0 Å². The minimum atomic E-state index is -0.352. The third-order valence-corrected chi connectivity index (χ3v) is 7.24. The first-order chi connectivity index (χ1) is 16.0. The molecule has 0 aromatic heterocycles. The number of ketones is 2. The lowest BCUT2D eigenvalue weighted by Gasteiger charge is -2.48. The first-order valence-corrected chi connectivity index (χ1v) is 12.7. The van der Waals surface area contributed by atoms with Gasteiger partial charge < -0.3 is 14.4 Å². The van der Waals surface area contributed by atoms with Crippen molar-refractivity contribution >= 4 is 11.6 Å². The average Bonchev–Trinajstić information content (AvgIpc) is 2.72. The van der Waals surface area contributed by atoms with Crippen LogP contribution in [0.5, 0.6) is 11.5 Å². The van der Waals surface area contributed by atoms with Gasteiger partial charge in [0.05, 0.1) is 13.2 Å². The van der Waals surface area contributed by atoms with Gasteiger partial charge in [-0.05, 0) is 62.1 Å². The first kappa shape index (κ1) is 24.6. The van der Waals surface area contributed by atoms with Crippen LogP contribution >= 0.6 is 0 Å². The van der Waals surface area contributed by atoms with Crippen LogP contribution in [0.1, 0.15) is 85.6 Å². The van der Waals surface area contributed by atoms with E-state index in [1.54, 1.807) is 0 Å². The van der Waals surface area contributed by atoms with E-state index in [1.807, 2.05) is 32.0 Å². The molecule has 0 radical (unpaired) electrons. The predicted molar refractivity (Wildman–Crippen MR) is 134 cm³/mol. The van der Waals surface area contributed by atoms with E-state index in [0.717, 1.165) is 47.5 Å². The molecule has 0 saturated carbocycles. The number of carbonyl (C=O) groups is 2. The van der Waals surface area contributed by atoms with Gasteiger partial charge in [0.2, 0.25) is 0 Å². The average molecular weight is 466 g/mol. The molecule has 3 aliphatic rings. The summed E-state index contributed by atoms with van der Waals surface area (Å²) in [4.78, 5) is 29.7. The lowest BCUT2D eigenvalue weighted by molar-refractivity contribution is -0.119. The normalized spacial score (nSPS) is 22.0. The van der Waals surface area contributed by atoms with Crippen LogP contribution in [0.25, 0.3) is 0 Å². The quantitative estimate of drug-likeness (QED) is 0.501. The van der Waals surface area contributed by atoms with E-state index in [-0.39, 0.29) is 28.3 Å². The summed E-state index contributed by atoms with van der Waals surface area (Å²) in [7, 11) is 0. The largest absolute Gasteiger partial charge is 0.490 e. The zero-order chi connectivity index (χ0) is 24.8. The highest BCUT2D eigenvalue weighted by molar-refractivity contribution is 6.06. The Morgan fingerprint density at radius 3 is 1.76 bits per heavy atom. The van der Waals surface area contributed by atoms with Crippen molar-refractivity contribution in [1.29, 1.82) is 0 Å². The summed E-state index contributed by atoms with van der Waals surface area (Å²) >= 11 is 0. The molecule has 0 amide bonds. The minimum Gasteiger partial charge on any atom is -0.490 e. The molecule has 2 aliphatic carbocycles. The lowest BCUT2D eigenvalue weighted by atomic mass is 9.63. The Hall–Kier alpha value is -2.56. The topological polar surface area (TPSA) is 55.8 Å². The molecule has 0 atom stereocenters. The summed E-state index contributed by atoms with van der Waals surface area (Å²) in [6.45, 7) is 16.5. The van der Waals surface area contributed by atoms with E-state index in [4.69, 9.17) is 9.47 Å². The summed E-state index contributed by atoms with van der Waals surface area (Å²) in [6, 6.07) is 5.91. The van der Waals surface area contributed by atoms with Gasteiger partial charge in [0, 0.05) is 47.8 Å². The number of hydrogen-bond acceptors (Lipinski definition) is 5. The molecule has 0 fully saturated rings. The highest BCUT2D eigenvalue weighted by atomic mass is 16.5. The number of carbonyl (C=O) groups excluding carboxylic acids is 2. The summed E-state index contributed by atoms with van der Waals surface area (Å²) in [6.07, 6.45) is 2.66. The van der Waals surface area contributed by atoms with Crippen molar-refractivity contribution in [2.75, 3.05) is 19.8 Å². The maximum atomic E-state index is 13.7. The molecule has 5 heteroatoms. The second-order valence-electron chi connectivity index (χ2n) is 11.4. The van der Waals surface area contributed by atoms with Gasteiger partial charge in [-0.2, -0.15) is 0 Å². The standard InChI is InChI=1S/C29H39NO4/c1-8-30-19-14-28(4,5)16-21(31)26(19)25(27-20(30)15-29(6,7)17-22(27)32)18-11-12-23(33-9-2)24(13-18)34-10-3/h11-13,25H,8-10,14-17H2,1-7H3. The lowest BCUT2D eigenvalue weighted by Crippen LogP contribution is -2.44. The van der Waals surface area contributed by atoms with Gasteiger partial charge in [0.25, 0.3) is 0 Å². The summed E-state index contributed by atoms with van der Waals surface area (Å²) in [5.41, 5.74) is 4.54. The number of nitrogens with zero attached hydrogens (tertiary/aromatic N) is 1. The Kier molecular flexibility index (Phi) is 6.43. The van der Waals surface area contributed by atoms with Crippen molar-refractivity contribution in [3.05, 3.63) is 46.3 Å². The molecule has 1 heterocycles. The molecule has 0 bridgehead atoms. The molecular formula is C29H39NO4. The molecule has 1 aromatic carbocycles. The molecule has 0 saturated heterocycles. The van der Waals surface area contributed by atoms with Crippen molar-refractivity contribution in [1.82, 2.24) is 4.90 Å². The molecule has 1 aliphatic heterocycles. The highest BCUT2D eigenvalue weighted by Gasteiger charge is 2.48. The predicted octanol–water partition coefficient (Wildman–Crippen LogP) is 6.19. The van der Waals surface area contributed by atoms with E-state index in [2.05, 4.69) is 39.5 Å². The second kappa shape index (κ2) is 8.90. The van der Waals surface area contributed by atoms with Crippen LogP contribution in [0.3, 0.4) is 0 Å². The van der Waals surface area contributed by atoms with Crippen LogP contribution in [-0.2, 0) is 9.59 Å². The summed E-state index contributed by atoms with van der Waals surface area (Å²) < 4.78 is 11.7. The number of allylic oxidation sites excluding steroid dienone is 4. The Morgan fingerprint density at radius 1 is 0.794 bits per heavy atom. The van der Waals surface area contributed by atoms with Crippen LogP contribution in [0.4, 0.5) is 0 Å². The summed E-state index contributed by atoms with van der Waals surface area (Å²) in [5.74, 6) is 1.32. The Labute approximate surface area is 204 Å². The number of benzene rings is 1.